The fourth-order valence-corrected chi connectivity index (χ4v) is 5.08. The number of aryl methyl sites for hydroxylation is 2. The largest absolute Gasteiger partial charge is 0.361 e. The fraction of sp³-hybridized carbons (Fsp3) is 0.522. The lowest BCUT2D eigenvalue weighted by atomic mass is 9.91. The summed E-state index contributed by atoms with van der Waals surface area (Å²) >= 11 is 0. The summed E-state index contributed by atoms with van der Waals surface area (Å²) in [6.45, 7) is 3.78. The summed E-state index contributed by atoms with van der Waals surface area (Å²) in [6, 6.07) is 5.77. The van der Waals surface area contributed by atoms with Gasteiger partial charge in [0.15, 0.2) is 0 Å². The van der Waals surface area contributed by atoms with Gasteiger partial charge in [0.05, 0.1) is 22.8 Å². The third-order valence-corrected chi connectivity index (χ3v) is 6.63. The number of hydrogen-bond acceptors (Lipinski definition) is 4. The van der Waals surface area contributed by atoms with Gasteiger partial charge in [-0.1, -0.05) is 11.2 Å². The maximum absolute atomic E-state index is 13.8. The quantitative estimate of drug-likeness (QED) is 0.606. The van der Waals surface area contributed by atoms with Crippen molar-refractivity contribution >= 4 is 16.9 Å². The van der Waals surface area contributed by atoms with Gasteiger partial charge in [-0.15, -0.1) is 0 Å². The molecule has 1 saturated heterocycles. The average molecular weight is 428 g/mol. The summed E-state index contributed by atoms with van der Waals surface area (Å²) in [7, 11) is 0. The van der Waals surface area contributed by atoms with Crippen molar-refractivity contribution in [2.24, 2.45) is 0 Å². The smallest absolute Gasteiger partial charge is 0.248 e. The van der Waals surface area contributed by atoms with Crippen LogP contribution in [-0.2, 0) is 4.79 Å². The molecule has 2 fully saturated rings. The number of nitrogens with one attached hydrogen (secondary N) is 1. The molecule has 0 bridgehead atoms. The van der Waals surface area contributed by atoms with Crippen LogP contribution in [-0.4, -0.2) is 26.5 Å². The van der Waals surface area contributed by atoms with Gasteiger partial charge in [-0.3, -0.25) is 4.79 Å². The van der Waals surface area contributed by atoms with E-state index in [1.807, 2.05) is 32.0 Å². The van der Waals surface area contributed by atoms with Gasteiger partial charge in [-0.05, 0) is 57.2 Å². The average Bonchev–Trinajstić information content (AvgIpc) is 3.27. The third kappa shape index (κ3) is 3.62. The molecular weight excluding hydrogens is 402 g/mol. The van der Waals surface area contributed by atoms with Gasteiger partial charge in [0.1, 0.15) is 11.6 Å². The molecule has 1 N–H and O–H groups in total. The summed E-state index contributed by atoms with van der Waals surface area (Å²) in [5, 5.41) is 7.10. The van der Waals surface area contributed by atoms with Crippen molar-refractivity contribution in [2.45, 2.75) is 76.8 Å². The number of carbonyl (C=O) groups is 1. The Morgan fingerprint density at radius 3 is 2.65 bits per heavy atom. The Hall–Kier alpha value is -2.77. The number of piperidine rings is 1. The number of fused-ring (bicyclic) bond motifs is 1. The molecule has 1 aliphatic heterocycles. The Kier molecular flexibility index (Phi) is 4.83. The minimum absolute atomic E-state index is 0.0152. The number of halogens is 2. The maximum atomic E-state index is 13.8. The second kappa shape index (κ2) is 7.43. The highest BCUT2D eigenvalue weighted by molar-refractivity contribution is 5.84. The summed E-state index contributed by atoms with van der Waals surface area (Å²) in [5.41, 5.74) is 4.43. The fourth-order valence-electron chi connectivity index (χ4n) is 5.08. The van der Waals surface area contributed by atoms with Crippen LogP contribution < -0.4 is 5.32 Å². The molecule has 1 saturated carbocycles. The van der Waals surface area contributed by atoms with Crippen LogP contribution in [0.2, 0.25) is 0 Å². The second-order valence-electron chi connectivity index (χ2n) is 8.84. The van der Waals surface area contributed by atoms with E-state index in [9.17, 15) is 13.6 Å². The lowest BCUT2D eigenvalue weighted by Crippen LogP contribution is -2.35. The first-order valence-electron chi connectivity index (χ1n) is 10.9. The highest BCUT2D eigenvalue weighted by Crippen LogP contribution is 2.42. The highest BCUT2D eigenvalue weighted by atomic mass is 19.3. The number of alkyl halides is 2. The van der Waals surface area contributed by atoms with Crippen molar-refractivity contribution in [1.29, 1.82) is 0 Å². The number of hydrogen-bond donors (Lipinski definition) is 1. The first-order chi connectivity index (χ1) is 14.8. The molecule has 3 heterocycles. The van der Waals surface area contributed by atoms with E-state index in [1.54, 1.807) is 0 Å². The van der Waals surface area contributed by atoms with E-state index in [0.29, 0.717) is 19.3 Å². The minimum Gasteiger partial charge on any atom is -0.361 e. The van der Waals surface area contributed by atoms with Gasteiger partial charge in [-0.2, -0.15) is 0 Å². The van der Waals surface area contributed by atoms with Gasteiger partial charge in [0, 0.05) is 30.9 Å². The molecule has 6 nitrogen and oxygen atoms in total. The van der Waals surface area contributed by atoms with E-state index >= 15 is 0 Å². The zero-order chi connectivity index (χ0) is 21.8. The summed E-state index contributed by atoms with van der Waals surface area (Å²) in [4.78, 5) is 17.0. The van der Waals surface area contributed by atoms with Crippen LogP contribution >= 0.6 is 0 Å². The summed E-state index contributed by atoms with van der Waals surface area (Å²) in [6.07, 6.45) is 2.68. The molecule has 1 amide bonds. The molecule has 0 spiro atoms. The zero-order valence-corrected chi connectivity index (χ0v) is 17.8. The Bertz CT molecular complexity index is 1120. The molecule has 0 radical (unpaired) electrons. The molecule has 31 heavy (non-hydrogen) atoms. The van der Waals surface area contributed by atoms with Gasteiger partial charge in [0.2, 0.25) is 11.8 Å². The monoisotopic (exact) mass is 428 g/mol. The minimum atomic E-state index is -2.59. The third-order valence-electron chi connectivity index (χ3n) is 6.63. The van der Waals surface area contributed by atoms with Crippen molar-refractivity contribution in [1.82, 2.24) is 20.0 Å². The van der Waals surface area contributed by atoms with E-state index in [2.05, 4.69) is 15.0 Å². The van der Waals surface area contributed by atoms with Crippen LogP contribution in [0.5, 0.6) is 0 Å². The van der Waals surface area contributed by atoms with E-state index < -0.39 is 5.92 Å². The lowest BCUT2D eigenvalue weighted by molar-refractivity contribution is -0.123. The van der Waals surface area contributed by atoms with Crippen molar-refractivity contribution < 1.29 is 18.1 Å². The highest BCUT2D eigenvalue weighted by Gasteiger charge is 2.37. The molecule has 1 aliphatic carbocycles. The van der Waals surface area contributed by atoms with Crippen LogP contribution in [0.25, 0.3) is 22.2 Å². The van der Waals surface area contributed by atoms with E-state index in [0.717, 1.165) is 52.3 Å². The first kappa shape index (κ1) is 20.2. The maximum Gasteiger partial charge on any atom is 0.248 e. The molecular formula is C23H26F2N4O2. The Morgan fingerprint density at radius 2 is 1.97 bits per heavy atom. The van der Waals surface area contributed by atoms with Crippen LogP contribution in [0.3, 0.4) is 0 Å². The van der Waals surface area contributed by atoms with Crippen LogP contribution in [0.1, 0.15) is 74.3 Å². The molecule has 164 valence electrons. The van der Waals surface area contributed by atoms with E-state index in [4.69, 9.17) is 9.51 Å². The van der Waals surface area contributed by atoms with Gasteiger partial charge < -0.3 is 14.4 Å². The molecule has 2 aliphatic rings. The van der Waals surface area contributed by atoms with Crippen LogP contribution in [0, 0.1) is 13.8 Å². The Morgan fingerprint density at radius 1 is 1.19 bits per heavy atom. The summed E-state index contributed by atoms with van der Waals surface area (Å²) < 4.78 is 35.1. The first-order valence-corrected chi connectivity index (χ1v) is 10.9. The molecule has 2 aromatic heterocycles. The number of amides is 1. The van der Waals surface area contributed by atoms with Gasteiger partial charge in [-0.25, -0.2) is 13.8 Å². The van der Waals surface area contributed by atoms with E-state index in [-0.39, 0.29) is 30.8 Å². The predicted octanol–water partition coefficient (Wildman–Crippen LogP) is 5.40. The van der Waals surface area contributed by atoms with Crippen molar-refractivity contribution in [3.05, 3.63) is 35.5 Å². The number of imidazole rings is 1. The zero-order valence-electron chi connectivity index (χ0n) is 17.8. The number of nitrogens with zero attached hydrogens (tertiary/aromatic N) is 3. The van der Waals surface area contributed by atoms with Gasteiger partial charge in [0.25, 0.3) is 0 Å². The number of carbonyl (C=O) groups excluding carboxylic acids is 1. The van der Waals surface area contributed by atoms with Crippen molar-refractivity contribution in [2.75, 3.05) is 0 Å². The topological polar surface area (TPSA) is 72.9 Å². The standard InChI is InChI=1S/C23H26F2N4O2/c1-13-21(14(2)31-28-13)15-6-7-19-18(12-15)27-22(17-4-3-5-20(30)26-17)29(19)16-8-10-23(24,25)11-9-16/h6-7,12,16-17H,3-5,8-11H2,1-2H3,(H,26,30). The van der Waals surface area contributed by atoms with Gasteiger partial charge >= 0.3 is 0 Å². The van der Waals surface area contributed by atoms with Crippen LogP contribution in [0.4, 0.5) is 8.78 Å². The summed E-state index contributed by atoms with van der Waals surface area (Å²) in [5.74, 6) is -1.07. The second-order valence-corrected chi connectivity index (χ2v) is 8.84. The Balaban J connectivity index is 1.61. The SMILES string of the molecule is Cc1noc(C)c1-c1ccc2c(c1)nc(C1CCCC(=O)N1)n2C1CCC(F)(F)CC1. The molecule has 1 aromatic carbocycles. The number of aromatic nitrogens is 3. The molecule has 1 atom stereocenters. The van der Waals surface area contributed by atoms with Crippen molar-refractivity contribution in [3.8, 4) is 11.1 Å². The number of benzene rings is 1. The molecule has 1 unspecified atom stereocenters. The molecule has 8 heteroatoms. The normalized spacial score (nSPS) is 22.1. The van der Waals surface area contributed by atoms with Crippen molar-refractivity contribution in [3.63, 3.8) is 0 Å². The molecule has 3 aromatic rings. The van der Waals surface area contributed by atoms with E-state index in [1.165, 1.54) is 0 Å². The van der Waals surface area contributed by atoms with Crippen LogP contribution in [0.15, 0.2) is 22.7 Å². The predicted molar refractivity (Wildman–Crippen MR) is 112 cm³/mol. The molecule has 5 rings (SSSR count). The lowest BCUT2D eigenvalue weighted by Gasteiger charge is -2.32. The number of rotatable bonds is 3. The Labute approximate surface area is 179 Å².